The van der Waals surface area contributed by atoms with Crippen LogP contribution in [0.1, 0.15) is 41.8 Å². The van der Waals surface area contributed by atoms with Gasteiger partial charge in [-0.15, -0.1) is 0 Å². The predicted octanol–water partition coefficient (Wildman–Crippen LogP) is 11.3. The van der Waals surface area contributed by atoms with Crippen LogP contribution in [0.3, 0.4) is 0 Å². The number of rotatable bonds is 9. The molecule has 0 amide bonds. The number of hydrogen-bond donors (Lipinski definition) is 1. The fourth-order valence-electron chi connectivity index (χ4n) is 6.83. The van der Waals surface area contributed by atoms with Crippen LogP contribution >= 0.6 is 0 Å². The Morgan fingerprint density at radius 1 is 0.766 bits per heavy atom. The maximum absolute atomic E-state index is 7.02. The molecule has 0 aliphatic heterocycles. The van der Waals surface area contributed by atoms with E-state index in [9.17, 15) is 0 Å². The zero-order chi connectivity index (χ0) is 32.0. The van der Waals surface area contributed by atoms with Crippen LogP contribution in [0.25, 0.3) is 44.6 Å². The summed E-state index contributed by atoms with van der Waals surface area (Å²) in [6.45, 7) is 2.24. The number of benzene rings is 5. The lowest BCUT2D eigenvalue weighted by Gasteiger charge is -2.15. The van der Waals surface area contributed by atoms with Gasteiger partial charge in [-0.1, -0.05) is 165 Å². The zero-order valence-electron chi connectivity index (χ0n) is 26.9. The molecule has 47 heavy (non-hydrogen) atoms. The second kappa shape index (κ2) is 13.9. The van der Waals surface area contributed by atoms with Crippen molar-refractivity contribution in [3.8, 4) is 11.1 Å². The minimum absolute atomic E-state index is 0.309. The summed E-state index contributed by atoms with van der Waals surface area (Å²) in [5.74, 6) is 0. The third-order valence-corrected chi connectivity index (χ3v) is 9.20. The summed E-state index contributed by atoms with van der Waals surface area (Å²) in [6.07, 6.45) is 20.1. The Labute approximate surface area is 278 Å². The van der Waals surface area contributed by atoms with Gasteiger partial charge in [0.1, 0.15) is 6.17 Å². The van der Waals surface area contributed by atoms with Crippen LogP contribution in [-0.2, 0) is 12.8 Å². The van der Waals surface area contributed by atoms with E-state index in [1.807, 2.05) is 0 Å². The van der Waals surface area contributed by atoms with Crippen molar-refractivity contribution in [3.63, 3.8) is 0 Å². The van der Waals surface area contributed by atoms with E-state index in [0.29, 0.717) is 0 Å². The minimum Gasteiger partial charge on any atom is -0.321 e. The van der Waals surface area contributed by atoms with E-state index in [-0.39, 0.29) is 6.17 Å². The van der Waals surface area contributed by atoms with Crippen molar-refractivity contribution in [1.82, 2.24) is 4.57 Å². The molecule has 1 heterocycles. The van der Waals surface area contributed by atoms with Crippen LogP contribution in [0, 0.1) is 0 Å². The van der Waals surface area contributed by atoms with Gasteiger partial charge < -0.3 is 10.3 Å². The average Bonchev–Trinajstić information content (AvgIpc) is 3.47. The molecule has 6 aromatic rings. The summed E-state index contributed by atoms with van der Waals surface area (Å²) in [5.41, 5.74) is 19.5. The van der Waals surface area contributed by atoms with Crippen molar-refractivity contribution in [1.29, 1.82) is 0 Å². The number of aryl methyl sites for hydroxylation is 1. The van der Waals surface area contributed by atoms with Gasteiger partial charge in [-0.25, -0.2) is 0 Å². The molecule has 1 atom stereocenters. The maximum Gasteiger partial charge on any atom is 0.101 e. The molecule has 7 rings (SSSR count). The van der Waals surface area contributed by atoms with E-state index in [0.717, 1.165) is 30.3 Å². The van der Waals surface area contributed by atoms with Gasteiger partial charge in [0.05, 0.1) is 11.0 Å². The highest BCUT2D eigenvalue weighted by atomic mass is 15.1. The smallest absolute Gasteiger partial charge is 0.101 e. The van der Waals surface area contributed by atoms with Gasteiger partial charge in [-0.2, -0.15) is 0 Å². The molecule has 0 radical (unpaired) electrons. The molecule has 1 unspecified atom stereocenters. The monoisotopic (exact) mass is 608 g/mol. The molecular weight excluding hydrogens is 569 g/mol. The normalized spacial score (nSPS) is 14.9. The Balaban J connectivity index is 1.22. The first-order valence-electron chi connectivity index (χ1n) is 16.6. The molecular formula is C45H40N2. The van der Waals surface area contributed by atoms with E-state index in [1.165, 1.54) is 55.3 Å². The average molecular weight is 609 g/mol. The van der Waals surface area contributed by atoms with Crippen molar-refractivity contribution in [2.45, 2.75) is 32.4 Å². The SMILES string of the molecule is CCc1cccc(/C=C/C(=C2/C=CC=CC2)c2ccccc2)c1C/C=C\C(N)n1c2ccccc2c2ccc(-c3ccccc3)cc21. The Kier molecular flexibility index (Phi) is 8.94. The van der Waals surface area contributed by atoms with Gasteiger partial charge in [-0.3, -0.25) is 0 Å². The van der Waals surface area contributed by atoms with Gasteiger partial charge in [0.2, 0.25) is 0 Å². The van der Waals surface area contributed by atoms with E-state index >= 15 is 0 Å². The van der Waals surface area contributed by atoms with E-state index < -0.39 is 0 Å². The fraction of sp³-hybridized carbons (Fsp3) is 0.111. The van der Waals surface area contributed by atoms with Crippen molar-refractivity contribution in [3.05, 3.63) is 192 Å². The summed E-state index contributed by atoms with van der Waals surface area (Å²) in [4.78, 5) is 0. The molecule has 2 nitrogen and oxygen atoms in total. The molecule has 0 fully saturated rings. The van der Waals surface area contributed by atoms with Gasteiger partial charge in [-0.05, 0) is 75.9 Å². The molecule has 1 aliphatic rings. The van der Waals surface area contributed by atoms with Gasteiger partial charge in [0.25, 0.3) is 0 Å². The molecule has 1 aliphatic carbocycles. The molecule has 230 valence electrons. The maximum atomic E-state index is 7.02. The fourth-order valence-corrected chi connectivity index (χ4v) is 6.83. The van der Waals surface area contributed by atoms with Gasteiger partial charge >= 0.3 is 0 Å². The second-order valence-corrected chi connectivity index (χ2v) is 12.1. The van der Waals surface area contributed by atoms with Crippen LogP contribution in [0.4, 0.5) is 0 Å². The molecule has 2 N–H and O–H groups in total. The van der Waals surface area contributed by atoms with Crippen molar-refractivity contribution < 1.29 is 0 Å². The topological polar surface area (TPSA) is 30.9 Å². The highest BCUT2D eigenvalue weighted by Gasteiger charge is 2.15. The first kappa shape index (κ1) is 30.2. The minimum atomic E-state index is -0.309. The molecule has 0 bridgehead atoms. The Morgan fingerprint density at radius 2 is 1.53 bits per heavy atom. The Morgan fingerprint density at radius 3 is 2.32 bits per heavy atom. The molecule has 5 aromatic carbocycles. The number of allylic oxidation sites excluding steroid dienone is 8. The highest BCUT2D eigenvalue weighted by molar-refractivity contribution is 6.09. The number of nitrogens with two attached hydrogens (primary N) is 1. The van der Waals surface area contributed by atoms with Gasteiger partial charge in [0.15, 0.2) is 0 Å². The zero-order valence-corrected chi connectivity index (χ0v) is 26.9. The van der Waals surface area contributed by atoms with Crippen LogP contribution in [0.2, 0.25) is 0 Å². The molecule has 0 saturated carbocycles. The Bertz CT molecular complexity index is 2170. The standard InChI is InChI=1S/C45H40N2/c1-2-33-22-14-23-37(28-30-40(35-18-8-4-9-19-35)36-20-10-5-11-21-36)39(33)25-15-27-45(46)47-43-26-13-12-24-41(43)42-31-29-38(32-44(42)47)34-16-6-3-7-17-34/h3-20,22-24,26-32,45H,2,21,25,46H2,1H3/b27-15-,30-28+,40-36+. The number of fused-ring (bicyclic) bond motifs is 3. The first-order valence-corrected chi connectivity index (χ1v) is 16.6. The van der Waals surface area contributed by atoms with E-state index in [4.69, 9.17) is 5.73 Å². The van der Waals surface area contributed by atoms with Crippen molar-refractivity contribution in [2.24, 2.45) is 5.73 Å². The Hall–Kier alpha value is -5.44. The highest BCUT2D eigenvalue weighted by Crippen LogP contribution is 2.34. The third kappa shape index (κ3) is 6.34. The first-order chi connectivity index (χ1) is 23.2. The number of nitrogens with zero attached hydrogens (tertiary/aromatic N) is 1. The lowest BCUT2D eigenvalue weighted by Crippen LogP contribution is -2.16. The van der Waals surface area contributed by atoms with Gasteiger partial charge in [0, 0.05) is 10.8 Å². The summed E-state index contributed by atoms with van der Waals surface area (Å²) in [5, 5.41) is 2.45. The largest absolute Gasteiger partial charge is 0.321 e. The lowest BCUT2D eigenvalue weighted by atomic mass is 9.92. The molecule has 1 aromatic heterocycles. The molecule has 0 saturated heterocycles. The summed E-state index contributed by atoms with van der Waals surface area (Å²) < 4.78 is 2.28. The van der Waals surface area contributed by atoms with Crippen molar-refractivity contribution in [2.75, 3.05) is 0 Å². The third-order valence-electron chi connectivity index (χ3n) is 9.20. The molecule has 0 spiro atoms. The van der Waals surface area contributed by atoms with Crippen LogP contribution < -0.4 is 5.73 Å². The number of hydrogen-bond acceptors (Lipinski definition) is 1. The second-order valence-electron chi connectivity index (χ2n) is 12.1. The summed E-state index contributed by atoms with van der Waals surface area (Å²) in [7, 11) is 0. The van der Waals surface area contributed by atoms with E-state index in [2.05, 4.69) is 181 Å². The quantitative estimate of drug-likeness (QED) is 0.163. The lowest BCUT2D eigenvalue weighted by molar-refractivity contribution is 0.674. The number of aromatic nitrogens is 1. The summed E-state index contributed by atoms with van der Waals surface area (Å²) >= 11 is 0. The van der Waals surface area contributed by atoms with Crippen LogP contribution in [-0.4, -0.2) is 4.57 Å². The van der Waals surface area contributed by atoms with Crippen molar-refractivity contribution >= 4 is 33.5 Å². The predicted molar refractivity (Wildman–Crippen MR) is 202 cm³/mol. The summed E-state index contributed by atoms with van der Waals surface area (Å²) in [6, 6.07) is 43.2. The van der Waals surface area contributed by atoms with Crippen LogP contribution in [0.15, 0.2) is 169 Å². The van der Waals surface area contributed by atoms with E-state index in [1.54, 1.807) is 0 Å². The molecule has 2 heteroatoms. The van der Waals surface area contributed by atoms with Crippen LogP contribution in [0.5, 0.6) is 0 Å². The number of para-hydroxylation sites is 1.